The molecule has 0 aromatic heterocycles. The van der Waals surface area contributed by atoms with Crippen LogP contribution in [0.4, 0.5) is 0 Å². The van der Waals surface area contributed by atoms with Gasteiger partial charge in [-0.2, -0.15) is 0 Å². The molecule has 0 unspecified atom stereocenters. The van der Waals surface area contributed by atoms with Gasteiger partial charge in [0.1, 0.15) is 5.75 Å². The van der Waals surface area contributed by atoms with Crippen molar-refractivity contribution in [3.05, 3.63) is 29.8 Å². The highest BCUT2D eigenvalue weighted by Gasteiger charge is 2.25. The number of benzene rings is 1. The normalized spacial score (nSPS) is 16.2. The molecule has 140 valence electrons. The van der Waals surface area contributed by atoms with Gasteiger partial charge in [0.05, 0.1) is 19.1 Å². The van der Waals surface area contributed by atoms with Crippen LogP contribution in [0.25, 0.3) is 0 Å². The minimum atomic E-state index is -0.0146. The Balaban J connectivity index is 1.58. The summed E-state index contributed by atoms with van der Waals surface area (Å²) in [6.45, 7) is 10.6. The first-order valence-electron chi connectivity index (χ1n) is 9.72. The number of rotatable bonds is 9. The summed E-state index contributed by atoms with van der Waals surface area (Å²) in [6, 6.07) is 8.40. The second-order valence-electron chi connectivity index (χ2n) is 7.15. The molecule has 0 amide bonds. The van der Waals surface area contributed by atoms with Gasteiger partial charge in [-0.3, -0.25) is 4.79 Å². The fourth-order valence-electron chi connectivity index (χ4n) is 3.24. The van der Waals surface area contributed by atoms with E-state index in [0.717, 1.165) is 57.7 Å². The number of ether oxygens (including phenoxy) is 2. The Labute approximate surface area is 152 Å². The van der Waals surface area contributed by atoms with Gasteiger partial charge in [-0.1, -0.05) is 26.0 Å². The van der Waals surface area contributed by atoms with E-state index in [2.05, 4.69) is 36.9 Å². The highest BCUT2D eigenvalue weighted by atomic mass is 16.5. The predicted molar refractivity (Wildman–Crippen MR) is 101 cm³/mol. The molecule has 0 aliphatic carbocycles. The molecule has 0 radical (unpaired) electrons. The van der Waals surface area contributed by atoms with E-state index < -0.39 is 0 Å². The fraction of sp³-hybridized carbons (Fsp3) is 0.667. The number of carbonyl (C=O) groups excluding carboxylic acids is 1. The number of carbonyl (C=O) groups is 1. The third-order valence-electron chi connectivity index (χ3n) is 4.87. The van der Waals surface area contributed by atoms with Gasteiger partial charge in [0.25, 0.3) is 0 Å². The third kappa shape index (κ3) is 6.69. The number of hydrogen-bond acceptors (Lipinski definition) is 4. The van der Waals surface area contributed by atoms with Crippen molar-refractivity contribution in [3.63, 3.8) is 0 Å². The third-order valence-corrected chi connectivity index (χ3v) is 4.87. The number of piperidine rings is 1. The maximum Gasteiger partial charge on any atom is 0.309 e. The van der Waals surface area contributed by atoms with E-state index in [4.69, 9.17) is 9.47 Å². The van der Waals surface area contributed by atoms with Crippen LogP contribution in [0.15, 0.2) is 24.3 Å². The molecule has 4 heteroatoms. The maximum atomic E-state index is 11.7. The van der Waals surface area contributed by atoms with Gasteiger partial charge in [0.2, 0.25) is 0 Å². The minimum Gasteiger partial charge on any atom is -0.494 e. The minimum absolute atomic E-state index is 0.0146. The van der Waals surface area contributed by atoms with Gasteiger partial charge in [-0.05, 0) is 75.9 Å². The first-order chi connectivity index (χ1) is 12.1. The Bertz CT molecular complexity index is 522. The summed E-state index contributed by atoms with van der Waals surface area (Å²) in [6.07, 6.45) is 4.05. The van der Waals surface area contributed by atoms with Crippen molar-refractivity contribution in [3.8, 4) is 5.75 Å². The van der Waals surface area contributed by atoms with Crippen molar-refractivity contribution in [1.82, 2.24) is 4.90 Å². The van der Waals surface area contributed by atoms with Gasteiger partial charge in [-0.15, -0.1) is 0 Å². The zero-order chi connectivity index (χ0) is 18.1. The van der Waals surface area contributed by atoms with E-state index in [9.17, 15) is 4.79 Å². The van der Waals surface area contributed by atoms with E-state index in [0.29, 0.717) is 12.5 Å². The van der Waals surface area contributed by atoms with Crippen LogP contribution in [0.3, 0.4) is 0 Å². The molecule has 1 saturated heterocycles. The van der Waals surface area contributed by atoms with Crippen molar-refractivity contribution in [2.75, 3.05) is 32.8 Å². The molecule has 0 saturated carbocycles. The van der Waals surface area contributed by atoms with E-state index in [-0.39, 0.29) is 11.9 Å². The molecule has 2 rings (SSSR count). The topological polar surface area (TPSA) is 38.8 Å². The van der Waals surface area contributed by atoms with Crippen molar-refractivity contribution in [2.45, 2.75) is 52.4 Å². The van der Waals surface area contributed by atoms with Gasteiger partial charge in [0.15, 0.2) is 0 Å². The average molecular weight is 347 g/mol. The summed E-state index contributed by atoms with van der Waals surface area (Å²) in [7, 11) is 0. The monoisotopic (exact) mass is 347 g/mol. The van der Waals surface area contributed by atoms with Crippen LogP contribution in [-0.2, 0) is 9.53 Å². The lowest BCUT2D eigenvalue weighted by Crippen LogP contribution is -2.37. The highest BCUT2D eigenvalue weighted by molar-refractivity contribution is 5.72. The first-order valence-corrected chi connectivity index (χ1v) is 9.72. The molecular formula is C21H33NO3. The van der Waals surface area contributed by atoms with Gasteiger partial charge >= 0.3 is 5.97 Å². The quantitative estimate of drug-likeness (QED) is 0.495. The largest absolute Gasteiger partial charge is 0.494 e. The van der Waals surface area contributed by atoms with Crippen molar-refractivity contribution < 1.29 is 14.3 Å². The number of esters is 1. The molecule has 1 aromatic carbocycles. The Morgan fingerprint density at radius 1 is 1.24 bits per heavy atom. The summed E-state index contributed by atoms with van der Waals surface area (Å²) < 4.78 is 11.0. The average Bonchev–Trinajstić information content (AvgIpc) is 2.62. The van der Waals surface area contributed by atoms with Crippen LogP contribution in [0.2, 0.25) is 0 Å². The summed E-state index contributed by atoms with van der Waals surface area (Å²) in [5, 5.41) is 0. The summed E-state index contributed by atoms with van der Waals surface area (Å²) in [5.41, 5.74) is 1.32. The van der Waals surface area contributed by atoms with E-state index >= 15 is 0 Å². The summed E-state index contributed by atoms with van der Waals surface area (Å²) in [5.74, 6) is 1.59. The van der Waals surface area contributed by atoms with Crippen LogP contribution >= 0.6 is 0 Å². The second-order valence-corrected chi connectivity index (χ2v) is 7.15. The molecule has 1 aliphatic heterocycles. The van der Waals surface area contributed by atoms with Gasteiger partial charge < -0.3 is 14.4 Å². The molecule has 1 fully saturated rings. The second kappa shape index (κ2) is 10.4. The Morgan fingerprint density at radius 3 is 2.68 bits per heavy atom. The van der Waals surface area contributed by atoms with Gasteiger partial charge in [-0.25, -0.2) is 0 Å². The zero-order valence-electron chi connectivity index (χ0n) is 16.0. The van der Waals surface area contributed by atoms with E-state index in [1.165, 1.54) is 5.56 Å². The van der Waals surface area contributed by atoms with E-state index in [1.54, 1.807) is 0 Å². The number of nitrogens with zero attached hydrogens (tertiary/aromatic N) is 1. The number of hydrogen-bond donors (Lipinski definition) is 0. The maximum absolute atomic E-state index is 11.7. The van der Waals surface area contributed by atoms with Gasteiger partial charge in [0, 0.05) is 0 Å². The molecule has 25 heavy (non-hydrogen) atoms. The molecule has 0 bridgehead atoms. The Hall–Kier alpha value is -1.55. The lowest BCUT2D eigenvalue weighted by molar-refractivity contribution is -0.149. The lowest BCUT2D eigenvalue weighted by Gasteiger charge is -2.30. The number of likely N-dealkylation sites (tertiary alicyclic amines) is 1. The molecule has 1 heterocycles. The molecule has 4 nitrogen and oxygen atoms in total. The zero-order valence-corrected chi connectivity index (χ0v) is 16.0. The van der Waals surface area contributed by atoms with Crippen LogP contribution in [-0.4, -0.2) is 43.7 Å². The molecular weight excluding hydrogens is 314 g/mol. The summed E-state index contributed by atoms with van der Waals surface area (Å²) >= 11 is 0. The molecule has 0 spiro atoms. The van der Waals surface area contributed by atoms with Crippen LogP contribution in [0.5, 0.6) is 5.75 Å². The SMILES string of the molecule is CCOC(=O)C1CCN(CCCCOc2cccc(C(C)C)c2)CC1. The van der Waals surface area contributed by atoms with Crippen LogP contribution in [0, 0.1) is 5.92 Å². The van der Waals surface area contributed by atoms with Crippen molar-refractivity contribution >= 4 is 5.97 Å². The first kappa shape index (κ1) is 19.8. The smallest absolute Gasteiger partial charge is 0.309 e. The van der Waals surface area contributed by atoms with Crippen molar-refractivity contribution in [2.24, 2.45) is 5.92 Å². The molecule has 0 N–H and O–H groups in total. The Morgan fingerprint density at radius 2 is 2.00 bits per heavy atom. The van der Waals surface area contributed by atoms with E-state index in [1.807, 2.05) is 13.0 Å². The van der Waals surface area contributed by atoms with Crippen molar-refractivity contribution in [1.29, 1.82) is 0 Å². The predicted octanol–water partition coefficient (Wildman–Crippen LogP) is 4.24. The summed E-state index contributed by atoms with van der Waals surface area (Å²) in [4.78, 5) is 14.2. The molecule has 1 aromatic rings. The standard InChI is InChI=1S/C21H33NO3/c1-4-24-21(23)18-10-13-22(14-11-18)12-5-6-15-25-20-9-7-8-19(16-20)17(2)3/h7-9,16-18H,4-6,10-15H2,1-3H3. The fourth-order valence-corrected chi connectivity index (χ4v) is 3.24. The number of unbranched alkanes of at least 4 members (excludes halogenated alkanes) is 1. The highest BCUT2D eigenvalue weighted by Crippen LogP contribution is 2.21. The van der Waals surface area contributed by atoms with Crippen LogP contribution < -0.4 is 4.74 Å². The Kier molecular flexibility index (Phi) is 8.26. The lowest BCUT2D eigenvalue weighted by atomic mass is 9.97. The molecule has 1 aliphatic rings. The molecule has 0 atom stereocenters. The van der Waals surface area contributed by atoms with Crippen LogP contribution in [0.1, 0.15) is 57.9 Å².